The summed E-state index contributed by atoms with van der Waals surface area (Å²) in [6.07, 6.45) is 1.55. The van der Waals surface area contributed by atoms with Gasteiger partial charge in [-0.15, -0.1) is 0 Å². The summed E-state index contributed by atoms with van der Waals surface area (Å²) < 4.78 is 5.51. The molecule has 0 atom stereocenters. The fraction of sp³-hybridized carbons (Fsp3) is 0.625. The van der Waals surface area contributed by atoms with Gasteiger partial charge in [-0.2, -0.15) is 0 Å². The molecule has 1 aliphatic heterocycles. The van der Waals surface area contributed by atoms with E-state index < -0.39 is 5.60 Å². The van der Waals surface area contributed by atoms with E-state index >= 15 is 0 Å². The number of hydrogen-bond acceptors (Lipinski definition) is 4. The third-order valence-corrected chi connectivity index (χ3v) is 3.49. The lowest BCUT2D eigenvalue weighted by molar-refractivity contribution is 0.000315. The van der Waals surface area contributed by atoms with Gasteiger partial charge < -0.3 is 9.64 Å². The van der Waals surface area contributed by atoms with Gasteiger partial charge in [-0.1, -0.05) is 6.07 Å². The van der Waals surface area contributed by atoms with E-state index in [4.69, 9.17) is 4.74 Å². The van der Waals surface area contributed by atoms with Crippen LogP contribution in [0.25, 0.3) is 0 Å². The van der Waals surface area contributed by atoms with Crippen molar-refractivity contribution < 1.29 is 9.53 Å². The van der Waals surface area contributed by atoms with Crippen LogP contribution < -0.4 is 4.90 Å². The largest absolute Gasteiger partial charge is 0.444 e. The molecule has 21 heavy (non-hydrogen) atoms. The molecule has 116 valence electrons. The van der Waals surface area contributed by atoms with E-state index in [9.17, 15) is 4.79 Å². The third-order valence-electron chi connectivity index (χ3n) is 3.49. The number of hydrogen-bond donors (Lipinski definition) is 0. The number of anilines is 1. The van der Waals surface area contributed by atoms with Crippen LogP contribution in [0.3, 0.4) is 0 Å². The summed E-state index contributed by atoms with van der Waals surface area (Å²) in [4.78, 5) is 20.8. The highest BCUT2D eigenvalue weighted by Gasteiger charge is 2.39. The molecule has 1 aromatic rings. The molecule has 0 saturated carbocycles. The maximum Gasteiger partial charge on any atom is 0.410 e. The zero-order valence-electron chi connectivity index (χ0n) is 13.6. The van der Waals surface area contributed by atoms with Crippen molar-refractivity contribution in [1.29, 1.82) is 0 Å². The van der Waals surface area contributed by atoms with Crippen LogP contribution in [0.5, 0.6) is 0 Å². The van der Waals surface area contributed by atoms with Crippen LogP contribution >= 0.6 is 0 Å². The molecule has 2 rings (SSSR count). The van der Waals surface area contributed by atoms with Crippen molar-refractivity contribution in [3.63, 3.8) is 0 Å². The Morgan fingerprint density at radius 2 is 2.00 bits per heavy atom. The molecule has 0 aliphatic carbocycles. The SMILES string of the molecule is CC(C)(C)OC(=O)N1CCN(c2ccccn2)CC1(C)C. The first-order valence-corrected chi connectivity index (χ1v) is 7.36. The molecular weight excluding hydrogens is 266 g/mol. The van der Waals surface area contributed by atoms with Gasteiger partial charge in [0.05, 0.1) is 5.54 Å². The topological polar surface area (TPSA) is 45.7 Å². The lowest BCUT2D eigenvalue weighted by Crippen LogP contribution is -2.62. The van der Waals surface area contributed by atoms with Gasteiger partial charge in [0, 0.05) is 25.8 Å². The van der Waals surface area contributed by atoms with Crippen LogP contribution in [-0.4, -0.2) is 46.8 Å². The highest BCUT2D eigenvalue weighted by atomic mass is 16.6. The van der Waals surface area contributed by atoms with E-state index in [0.29, 0.717) is 6.54 Å². The molecule has 0 radical (unpaired) electrons. The highest BCUT2D eigenvalue weighted by Crippen LogP contribution is 2.26. The fourth-order valence-corrected chi connectivity index (χ4v) is 2.55. The number of aromatic nitrogens is 1. The van der Waals surface area contributed by atoms with Crippen LogP contribution in [0.15, 0.2) is 24.4 Å². The van der Waals surface area contributed by atoms with Crippen LogP contribution in [-0.2, 0) is 4.74 Å². The summed E-state index contributed by atoms with van der Waals surface area (Å²) in [5.41, 5.74) is -0.761. The van der Waals surface area contributed by atoms with E-state index in [1.54, 1.807) is 6.20 Å². The Balaban J connectivity index is 2.08. The molecule has 1 fully saturated rings. The molecule has 0 spiro atoms. The Hall–Kier alpha value is -1.78. The summed E-state index contributed by atoms with van der Waals surface area (Å²) in [5.74, 6) is 0.953. The zero-order valence-corrected chi connectivity index (χ0v) is 13.6. The Morgan fingerprint density at radius 3 is 2.52 bits per heavy atom. The summed E-state index contributed by atoms with van der Waals surface area (Å²) in [6, 6.07) is 5.89. The lowest BCUT2D eigenvalue weighted by atomic mass is 9.99. The van der Waals surface area contributed by atoms with Crippen molar-refractivity contribution in [2.24, 2.45) is 0 Å². The lowest BCUT2D eigenvalue weighted by Gasteiger charge is -2.47. The molecule has 0 aromatic carbocycles. The molecule has 2 heterocycles. The van der Waals surface area contributed by atoms with Gasteiger partial charge in [0.25, 0.3) is 0 Å². The Bertz CT molecular complexity index is 494. The molecule has 0 unspecified atom stereocenters. The average molecular weight is 291 g/mol. The van der Waals surface area contributed by atoms with E-state index in [0.717, 1.165) is 18.9 Å². The van der Waals surface area contributed by atoms with Crippen LogP contribution in [0, 0.1) is 0 Å². The average Bonchev–Trinajstić information content (AvgIpc) is 2.36. The van der Waals surface area contributed by atoms with Crippen LogP contribution in [0.1, 0.15) is 34.6 Å². The summed E-state index contributed by atoms with van der Waals surface area (Å²) in [6.45, 7) is 11.9. The first-order chi connectivity index (χ1) is 9.69. The number of ether oxygens (including phenoxy) is 1. The molecule has 5 heteroatoms. The van der Waals surface area contributed by atoms with Gasteiger partial charge >= 0.3 is 6.09 Å². The second-order valence-electron chi connectivity index (χ2n) is 7.05. The first kappa shape index (κ1) is 15.6. The predicted octanol–water partition coefficient (Wildman–Crippen LogP) is 2.92. The summed E-state index contributed by atoms with van der Waals surface area (Å²) >= 11 is 0. The van der Waals surface area contributed by atoms with Gasteiger partial charge in [0.15, 0.2) is 0 Å². The standard InChI is InChI=1S/C16H25N3O2/c1-15(2,3)21-14(20)19-11-10-18(12-16(19,4)5)13-8-6-7-9-17-13/h6-9H,10-12H2,1-5H3. The zero-order chi connectivity index (χ0) is 15.7. The predicted molar refractivity (Wildman–Crippen MR) is 83.5 cm³/mol. The molecular formula is C16H25N3O2. The minimum atomic E-state index is -0.467. The van der Waals surface area contributed by atoms with Gasteiger partial charge in [0.1, 0.15) is 11.4 Å². The molecule has 1 saturated heterocycles. The minimum Gasteiger partial charge on any atom is -0.444 e. The van der Waals surface area contributed by atoms with Gasteiger partial charge in [-0.3, -0.25) is 4.90 Å². The van der Waals surface area contributed by atoms with Gasteiger partial charge in [-0.25, -0.2) is 9.78 Å². The Morgan fingerprint density at radius 1 is 1.29 bits per heavy atom. The Labute approximate surface area is 126 Å². The number of rotatable bonds is 1. The maximum absolute atomic E-state index is 12.3. The second kappa shape index (κ2) is 5.54. The molecule has 5 nitrogen and oxygen atoms in total. The van der Waals surface area contributed by atoms with E-state index in [-0.39, 0.29) is 11.6 Å². The van der Waals surface area contributed by atoms with Gasteiger partial charge in [0.2, 0.25) is 0 Å². The van der Waals surface area contributed by atoms with E-state index in [1.807, 2.05) is 43.9 Å². The monoisotopic (exact) mass is 291 g/mol. The molecule has 1 aliphatic rings. The van der Waals surface area contributed by atoms with Crippen LogP contribution in [0.4, 0.5) is 10.6 Å². The second-order valence-corrected chi connectivity index (χ2v) is 7.05. The summed E-state index contributed by atoms with van der Waals surface area (Å²) in [7, 11) is 0. The molecule has 0 N–H and O–H groups in total. The number of carbonyl (C=O) groups excluding carboxylic acids is 1. The van der Waals surface area contributed by atoms with Crippen molar-refractivity contribution in [3.05, 3.63) is 24.4 Å². The first-order valence-electron chi connectivity index (χ1n) is 7.36. The fourth-order valence-electron chi connectivity index (χ4n) is 2.55. The number of amides is 1. The van der Waals surface area contributed by atoms with Crippen molar-refractivity contribution >= 4 is 11.9 Å². The van der Waals surface area contributed by atoms with E-state index in [2.05, 4.69) is 23.7 Å². The van der Waals surface area contributed by atoms with Crippen molar-refractivity contribution in [1.82, 2.24) is 9.88 Å². The smallest absolute Gasteiger partial charge is 0.410 e. The number of carbonyl (C=O) groups is 1. The normalized spacial score (nSPS) is 18.5. The maximum atomic E-state index is 12.3. The van der Waals surface area contributed by atoms with Crippen molar-refractivity contribution in [2.45, 2.75) is 45.8 Å². The number of pyridine rings is 1. The molecule has 0 bridgehead atoms. The number of nitrogens with zero attached hydrogens (tertiary/aromatic N) is 3. The quantitative estimate of drug-likeness (QED) is 0.798. The highest BCUT2D eigenvalue weighted by molar-refractivity contribution is 5.69. The van der Waals surface area contributed by atoms with Gasteiger partial charge in [-0.05, 0) is 46.8 Å². The van der Waals surface area contributed by atoms with E-state index in [1.165, 1.54) is 0 Å². The van der Waals surface area contributed by atoms with Crippen molar-refractivity contribution in [3.8, 4) is 0 Å². The molecule has 1 amide bonds. The minimum absolute atomic E-state index is 0.242. The Kier molecular flexibility index (Phi) is 4.12. The third kappa shape index (κ3) is 3.86. The number of piperazine rings is 1. The van der Waals surface area contributed by atoms with Crippen LogP contribution in [0.2, 0.25) is 0 Å². The van der Waals surface area contributed by atoms with Crippen molar-refractivity contribution in [2.75, 3.05) is 24.5 Å². The summed E-state index contributed by atoms with van der Waals surface area (Å²) in [5, 5.41) is 0. The molecule has 1 aromatic heterocycles.